The van der Waals surface area contributed by atoms with Gasteiger partial charge in [-0.25, -0.2) is 4.98 Å². The van der Waals surface area contributed by atoms with Crippen molar-refractivity contribution >= 4 is 23.1 Å². The summed E-state index contributed by atoms with van der Waals surface area (Å²) in [6, 6.07) is 14.5. The van der Waals surface area contributed by atoms with Crippen LogP contribution in [0.4, 0.5) is 36.3 Å². The van der Waals surface area contributed by atoms with Gasteiger partial charge >= 0.3 is 6.18 Å². The molecule has 2 aromatic carbocycles. The maximum absolute atomic E-state index is 13.6. The molecular weight excluding hydrogens is 441 g/mol. The Balaban J connectivity index is 1.78. The van der Waals surface area contributed by atoms with Crippen molar-refractivity contribution in [3.63, 3.8) is 0 Å². The van der Waals surface area contributed by atoms with Crippen LogP contribution in [0.5, 0.6) is 5.75 Å². The lowest BCUT2D eigenvalue weighted by atomic mass is 10.1. The molecule has 0 aliphatic heterocycles. The van der Waals surface area contributed by atoms with E-state index in [0.717, 1.165) is 37.4 Å². The number of alkyl halides is 3. The predicted molar refractivity (Wildman–Crippen MR) is 130 cm³/mol. The first-order chi connectivity index (χ1) is 16.2. The topological polar surface area (TPSA) is 59.1 Å². The van der Waals surface area contributed by atoms with Crippen molar-refractivity contribution in [2.45, 2.75) is 52.6 Å². The number of nitrogens with zero attached hydrogens (tertiary/aromatic N) is 2. The molecule has 3 aromatic rings. The molecule has 0 aliphatic rings. The van der Waals surface area contributed by atoms with Gasteiger partial charge in [0.15, 0.2) is 0 Å². The second kappa shape index (κ2) is 11.7. The Labute approximate surface area is 198 Å². The van der Waals surface area contributed by atoms with E-state index in [0.29, 0.717) is 29.6 Å². The highest BCUT2D eigenvalue weighted by molar-refractivity contribution is 5.63. The average Bonchev–Trinajstić information content (AvgIpc) is 2.78. The number of hydrogen-bond acceptors (Lipinski definition) is 5. The van der Waals surface area contributed by atoms with E-state index in [2.05, 4.69) is 41.4 Å². The fourth-order valence-electron chi connectivity index (χ4n) is 3.29. The van der Waals surface area contributed by atoms with E-state index in [1.165, 1.54) is 0 Å². The van der Waals surface area contributed by atoms with Gasteiger partial charge in [0, 0.05) is 17.6 Å². The summed E-state index contributed by atoms with van der Waals surface area (Å²) >= 11 is 0. The largest absolute Gasteiger partial charge is 0.493 e. The van der Waals surface area contributed by atoms with Crippen LogP contribution in [0.2, 0.25) is 0 Å². The van der Waals surface area contributed by atoms with Gasteiger partial charge in [0.05, 0.1) is 6.61 Å². The highest BCUT2D eigenvalue weighted by Crippen LogP contribution is 2.35. The zero-order valence-corrected chi connectivity index (χ0v) is 19.7. The van der Waals surface area contributed by atoms with Crippen LogP contribution in [0.1, 0.15) is 51.2 Å². The van der Waals surface area contributed by atoms with Crippen molar-refractivity contribution < 1.29 is 17.9 Å². The molecule has 0 fully saturated rings. The molecule has 34 heavy (non-hydrogen) atoms. The standard InChI is InChI=1S/C26H31F3N4O/c1-4-5-6-8-19-9-7-10-21(15-19)31-24-23(26(27,28)29)16-30-25(33-24)32-20-11-13-22(14-12-20)34-17-18(2)3/h7,9-16,18H,4-6,8,17H2,1-3H3,(H2,30,31,32,33). The highest BCUT2D eigenvalue weighted by atomic mass is 19.4. The number of halogens is 3. The second-order valence-corrected chi connectivity index (χ2v) is 8.59. The monoisotopic (exact) mass is 472 g/mol. The van der Waals surface area contributed by atoms with Crippen molar-refractivity contribution in [2.24, 2.45) is 5.92 Å². The van der Waals surface area contributed by atoms with Crippen molar-refractivity contribution in [1.29, 1.82) is 0 Å². The van der Waals surface area contributed by atoms with Crippen LogP contribution in [0, 0.1) is 5.92 Å². The van der Waals surface area contributed by atoms with Gasteiger partial charge in [-0.1, -0.05) is 45.7 Å². The molecule has 0 aliphatic carbocycles. The van der Waals surface area contributed by atoms with Crippen LogP contribution in [0.25, 0.3) is 0 Å². The molecule has 0 unspecified atom stereocenters. The Hall–Kier alpha value is -3.29. The number of anilines is 4. The number of nitrogens with one attached hydrogen (secondary N) is 2. The summed E-state index contributed by atoms with van der Waals surface area (Å²) in [4.78, 5) is 8.01. The molecule has 1 aromatic heterocycles. The molecular formula is C26H31F3N4O. The quantitative estimate of drug-likeness (QED) is 0.279. The van der Waals surface area contributed by atoms with Gasteiger partial charge in [0.2, 0.25) is 5.95 Å². The first kappa shape index (κ1) is 25.3. The molecule has 182 valence electrons. The van der Waals surface area contributed by atoms with Gasteiger partial charge in [-0.2, -0.15) is 18.2 Å². The van der Waals surface area contributed by atoms with Crippen molar-refractivity contribution in [3.05, 3.63) is 65.9 Å². The Morgan fingerprint density at radius 1 is 0.971 bits per heavy atom. The Morgan fingerprint density at radius 2 is 1.74 bits per heavy atom. The van der Waals surface area contributed by atoms with E-state index in [1.807, 2.05) is 18.2 Å². The number of ether oxygens (including phenoxy) is 1. The number of rotatable bonds is 11. The van der Waals surface area contributed by atoms with Crippen LogP contribution in [-0.2, 0) is 12.6 Å². The van der Waals surface area contributed by atoms with Gasteiger partial charge < -0.3 is 15.4 Å². The summed E-state index contributed by atoms with van der Waals surface area (Å²) in [6.07, 6.45) is 0.344. The molecule has 3 rings (SSSR count). The molecule has 0 atom stereocenters. The molecule has 2 N–H and O–H groups in total. The molecule has 0 amide bonds. The van der Waals surface area contributed by atoms with Crippen molar-refractivity contribution in [2.75, 3.05) is 17.2 Å². The molecule has 0 saturated heterocycles. The van der Waals surface area contributed by atoms with E-state index in [4.69, 9.17) is 4.74 Å². The summed E-state index contributed by atoms with van der Waals surface area (Å²) < 4.78 is 46.5. The molecule has 0 saturated carbocycles. The maximum atomic E-state index is 13.6. The van der Waals surface area contributed by atoms with Gasteiger partial charge in [-0.3, -0.25) is 0 Å². The van der Waals surface area contributed by atoms with Gasteiger partial charge in [-0.15, -0.1) is 0 Å². The summed E-state index contributed by atoms with van der Waals surface area (Å²) in [5.74, 6) is 0.883. The molecule has 5 nitrogen and oxygen atoms in total. The zero-order chi connectivity index (χ0) is 24.6. The van der Waals surface area contributed by atoms with E-state index in [-0.39, 0.29) is 11.8 Å². The molecule has 1 heterocycles. The smallest absolute Gasteiger partial charge is 0.421 e. The number of aryl methyl sites for hydroxylation is 1. The van der Waals surface area contributed by atoms with Crippen LogP contribution in [-0.4, -0.2) is 16.6 Å². The maximum Gasteiger partial charge on any atom is 0.421 e. The van der Waals surface area contributed by atoms with Gasteiger partial charge in [-0.05, 0) is 60.7 Å². The van der Waals surface area contributed by atoms with E-state index in [1.54, 1.807) is 30.3 Å². The number of unbranched alkanes of at least 4 members (excludes halogenated alkanes) is 2. The normalized spacial score (nSPS) is 11.5. The Kier molecular flexibility index (Phi) is 8.73. The molecule has 0 bridgehead atoms. The lowest BCUT2D eigenvalue weighted by Crippen LogP contribution is -2.12. The van der Waals surface area contributed by atoms with Crippen molar-refractivity contribution in [3.8, 4) is 5.75 Å². The Bertz CT molecular complexity index is 1050. The first-order valence-electron chi connectivity index (χ1n) is 11.5. The SMILES string of the molecule is CCCCCc1cccc(Nc2nc(Nc3ccc(OCC(C)C)cc3)ncc2C(F)(F)F)c1. The number of hydrogen-bond donors (Lipinski definition) is 2. The third-order valence-electron chi connectivity index (χ3n) is 5.05. The summed E-state index contributed by atoms with van der Waals surface area (Å²) in [6.45, 7) is 6.86. The highest BCUT2D eigenvalue weighted by Gasteiger charge is 2.35. The first-order valence-corrected chi connectivity index (χ1v) is 11.5. The van der Waals surface area contributed by atoms with Crippen LogP contribution < -0.4 is 15.4 Å². The van der Waals surface area contributed by atoms with Gasteiger partial charge in [0.25, 0.3) is 0 Å². The van der Waals surface area contributed by atoms with Gasteiger partial charge in [0.1, 0.15) is 17.1 Å². The fourth-order valence-corrected chi connectivity index (χ4v) is 3.29. The average molecular weight is 473 g/mol. The van der Waals surface area contributed by atoms with E-state index in [9.17, 15) is 13.2 Å². The molecule has 0 radical (unpaired) electrons. The van der Waals surface area contributed by atoms with Crippen LogP contribution in [0.3, 0.4) is 0 Å². The van der Waals surface area contributed by atoms with Crippen LogP contribution >= 0.6 is 0 Å². The third kappa shape index (κ3) is 7.64. The fraction of sp³-hybridized carbons (Fsp3) is 0.385. The summed E-state index contributed by atoms with van der Waals surface area (Å²) in [7, 11) is 0. The molecule has 0 spiro atoms. The predicted octanol–water partition coefficient (Wildman–Crippen LogP) is 7.75. The minimum absolute atomic E-state index is 0.0606. The lowest BCUT2D eigenvalue weighted by molar-refractivity contribution is -0.137. The summed E-state index contributed by atoms with van der Waals surface area (Å²) in [5.41, 5.74) is 1.34. The zero-order valence-electron chi connectivity index (χ0n) is 19.7. The lowest BCUT2D eigenvalue weighted by Gasteiger charge is -2.15. The minimum Gasteiger partial charge on any atom is -0.493 e. The van der Waals surface area contributed by atoms with Crippen LogP contribution in [0.15, 0.2) is 54.7 Å². The van der Waals surface area contributed by atoms with E-state index >= 15 is 0 Å². The van der Waals surface area contributed by atoms with E-state index < -0.39 is 11.7 Å². The number of benzene rings is 2. The third-order valence-corrected chi connectivity index (χ3v) is 5.05. The Morgan fingerprint density at radius 3 is 2.41 bits per heavy atom. The minimum atomic E-state index is -4.59. The molecule has 8 heteroatoms. The second-order valence-electron chi connectivity index (χ2n) is 8.59. The van der Waals surface area contributed by atoms with Crippen molar-refractivity contribution in [1.82, 2.24) is 9.97 Å². The summed E-state index contributed by atoms with van der Waals surface area (Å²) in [5, 5.41) is 5.80. The number of aromatic nitrogens is 2.